The van der Waals surface area contributed by atoms with Gasteiger partial charge in [-0.3, -0.25) is 0 Å². The minimum absolute atomic E-state index is 0.00592. The summed E-state index contributed by atoms with van der Waals surface area (Å²) in [5.41, 5.74) is 0.697. The van der Waals surface area contributed by atoms with Crippen LogP contribution in [-0.2, 0) is 16.6 Å². The number of likely N-dealkylation sites (N-methyl/N-ethyl adjacent to an activating group) is 1. The number of fused-ring (bicyclic) bond motifs is 1. The molecule has 2 heterocycles. The van der Waals surface area contributed by atoms with Gasteiger partial charge in [0, 0.05) is 50.1 Å². The van der Waals surface area contributed by atoms with Crippen molar-refractivity contribution in [2.75, 3.05) is 13.7 Å². The highest BCUT2D eigenvalue weighted by molar-refractivity contribution is 7.89. The van der Waals surface area contributed by atoms with Gasteiger partial charge in [0.05, 0.1) is 4.90 Å². The molecule has 1 aromatic carbocycles. The number of benzene rings is 1. The van der Waals surface area contributed by atoms with E-state index in [0.717, 1.165) is 17.5 Å². The maximum Gasteiger partial charge on any atom is 0.243 e. The second kappa shape index (κ2) is 7.53. The van der Waals surface area contributed by atoms with Gasteiger partial charge in [-0.1, -0.05) is 0 Å². The number of aliphatic hydroxyl groups is 1. The first-order valence-corrected chi connectivity index (χ1v) is 9.53. The zero-order valence-corrected chi connectivity index (χ0v) is 15.0. The molecular weight excluding hydrogens is 357 g/mol. The van der Waals surface area contributed by atoms with Crippen LogP contribution in [0.4, 0.5) is 4.39 Å². The molecule has 0 aliphatic rings. The maximum atomic E-state index is 13.1. The molecule has 3 rings (SSSR count). The summed E-state index contributed by atoms with van der Waals surface area (Å²) in [6.07, 6.45) is 3.64. The molecule has 0 aliphatic carbocycles. The third-order valence-electron chi connectivity index (χ3n) is 4.31. The van der Waals surface area contributed by atoms with Gasteiger partial charge in [-0.2, -0.15) is 4.31 Å². The topological polar surface area (TPSA) is 75.4 Å². The van der Waals surface area contributed by atoms with Crippen molar-refractivity contribution >= 4 is 21.1 Å². The molecule has 0 unspecified atom stereocenters. The average Bonchev–Trinajstić information content (AvgIpc) is 3.04. The molecule has 0 fully saturated rings. The molecule has 3 aromatic rings. The minimum Gasteiger partial charge on any atom is -0.396 e. The molecule has 0 saturated carbocycles. The Bertz CT molecular complexity index is 986. The second-order valence-corrected chi connectivity index (χ2v) is 7.94. The van der Waals surface area contributed by atoms with Crippen LogP contribution in [0, 0.1) is 11.9 Å². The van der Waals surface area contributed by atoms with Gasteiger partial charge in [0.15, 0.2) is 0 Å². The molecule has 26 heavy (non-hydrogen) atoms. The molecule has 0 bridgehead atoms. The fraction of sp³-hybridized carbons (Fsp3) is 0.278. The number of hydrogen-bond acceptors (Lipinski definition) is 4. The molecule has 1 N–H and O–H groups in total. The highest BCUT2D eigenvalue weighted by Crippen LogP contribution is 2.21. The molecule has 0 aliphatic heterocycles. The molecule has 0 amide bonds. The van der Waals surface area contributed by atoms with Crippen LogP contribution >= 0.6 is 0 Å². The SMILES string of the molecule is CN([C@@H](CCO)Cn1c[c]c2cccnc21)S(=O)(=O)c1ccc(F)cc1. The van der Waals surface area contributed by atoms with Crippen LogP contribution in [0.2, 0.25) is 0 Å². The molecular formula is C18H19FN3O3S. The Hall–Kier alpha value is -2.29. The van der Waals surface area contributed by atoms with Gasteiger partial charge < -0.3 is 9.67 Å². The van der Waals surface area contributed by atoms with E-state index in [1.54, 1.807) is 18.5 Å². The van der Waals surface area contributed by atoms with E-state index in [2.05, 4.69) is 11.1 Å². The molecule has 137 valence electrons. The lowest BCUT2D eigenvalue weighted by atomic mass is 10.2. The van der Waals surface area contributed by atoms with Crippen LogP contribution in [0.25, 0.3) is 11.0 Å². The summed E-state index contributed by atoms with van der Waals surface area (Å²) >= 11 is 0. The lowest BCUT2D eigenvalue weighted by molar-refractivity contribution is 0.226. The van der Waals surface area contributed by atoms with Crippen molar-refractivity contribution in [1.82, 2.24) is 13.9 Å². The number of halogens is 1. The number of hydrogen-bond donors (Lipinski definition) is 1. The number of sulfonamides is 1. The Morgan fingerprint density at radius 2 is 2.04 bits per heavy atom. The highest BCUT2D eigenvalue weighted by atomic mass is 32.2. The van der Waals surface area contributed by atoms with Gasteiger partial charge >= 0.3 is 0 Å². The van der Waals surface area contributed by atoms with E-state index < -0.39 is 21.9 Å². The van der Waals surface area contributed by atoms with Crippen LogP contribution in [0.3, 0.4) is 0 Å². The van der Waals surface area contributed by atoms with Crippen molar-refractivity contribution in [1.29, 1.82) is 0 Å². The summed E-state index contributed by atoms with van der Waals surface area (Å²) in [7, 11) is -2.36. The Labute approximate surface area is 151 Å². The Balaban J connectivity index is 1.90. The zero-order chi connectivity index (χ0) is 18.7. The van der Waals surface area contributed by atoms with Gasteiger partial charge in [0.1, 0.15) is 11.5 Å². The van der Waals surface area contributed by atoms with Crippen molar-refractivity contribution in [3.63, 3.8) is 0 Å². The van der Waals surface area contributed by atoms with Crippen molar-refractivity contribution < 1.29 is 17.9 Å². The van der Waals surface area contributed by atoms with Crippen molar-refractivity contribution in [3.8, 4) is 0 Å². The fourth-order valence-corrected chi connectivity index (χ4v) is 4.20. The van der Waals surface area contributed by atoms with Crippen LogP contribution in [-0.4, -0.2) is 47.1 Å². The van der Waals surface area contributed by atoms with E-state index in [9.17, 15) is 17.9 Å². The number of pyridine rings is 1. The van der Waals surface area contributed by atoms with Gasteiger partial charge in [-0.25, -0.2) is 17.8 Å². The second-order valence-electron chi connectivity index (χ2n) is 5.94. The molecule has 0 spiro atoms. The van der Waals surface area contributed by atoms with Crippen molar-refractivity contribution in [2.24, 2.45) is 0 Å². The van der Waals surface area contributed by atoms with Crippen LogP contribution in [0.15, 0.2) is 53.7 Å². The molecule has 1 radical (unpaired) electrons. The summed E-state index contributed by atoms with van der Waals surface area (Å²) in [5, 5.41) is 10.2. The Kier molecular flexibility index (Phi) is 5.36. The van der Waals surface area contributed by atoms with Gasteiger partial charge in [-0.15, -0.1) is 0 Å². The summed E-state index contributed by atoms with van der Waals surface area (Å²) < 4.78 is 41.8. The lowest BCUT2D eigenvalue weighted by Gasteiger charge is -2.27. The zero-order valence-electron chi connectivity index (χ0n) is 14.2. The third-order valence-corrected chi connectivity index (χ3v) is 6.23. The predicted molar refractivity (Wildman–Crippen MR) is 95.4 cm³/mol. The molecule has 1 atom stereocenters. The summed E-state index contributed by atoms with van der Waals surface area (Å²) in [6.45, 7) is 0.152. The van der Waals surface area contributed by atoms with E-state index in [1.165, 1.54) is 23.5 Å². The Morgan fingerprint density at radius 1 is 1.31 bits per heavy atom. The highest BCUT2D eigenvalue weighted by Gasteiger charge is 2.28. The number of aliphatic hydroxyl groups excluding tert-OH is 1. The first-order valence-electron chi connectivity index (χ1n) is 8.09. The number of rotatable bonds is 7. The predicted octanol–water partition coefficient (Wildman–Crippen LogP) is 2.05. The minimum atomic E-state index is -3.82. The number of nitrogens with zero attached hydrogens (tertiary/aromatic N) is 3. The van der Waals surface area contributed by atoms with Gasteiger partial charge in [0.25, 0.3) is 0 Å². The van der Waals surface area contributed by atoms with Crippen LogP contribution < -0.4 is 0 Å². The number of aromatic nitrogens is 2. The third kappa shape index (κ3) is 3.62. The first-order chi connectivity index (χ1) is 12.4. The normalized spacial score (nSPS) is 13.4. The largest absolute Gasteiger partial charge is 0.396 e. The average molecular weight is 376 g/mol. The summed E-state index contributed by atoms with van der Waals surface area (Å²) in [5.74, 6) is -0.501. The monoisotopic (exact) mass is 376 g/mol. The van der Waals surface area contributed by atoms with Crippen LogP contribution in [0.1, 0.15) is 6.42 Å². The molecule has 2 aromatic heterocycles. The van der Waals surface area contributed by atoms with Crippen LogP contribution in [0.5, 0.6) is 0 Å². The van der Waals surface area contributed by atoms with Gasteiger partial charge in [-0.05, 0) is 42.8 Å². The van der Waals surface area contributed by atoms with Crippen molar-refractivity contribution in [2.45, 2.75) is 23.9 Å². The van der Waals surface area contributed by atoms with E-state index in [4.69, 9.17) is 0 Å². The van der Waals surface area contributed by atoms with E-state index in [0.29, 0.717) is 12.2 Å². The Morgan fingerprint density at radius 3 is 2.73 bits per heavy atom. The van der Waals surface area contributed by atoms with Gasteiger partial charge in [0.2, 0.25) is 10.0 Å². The van der Waals surface area contributed by atoms with E-state index >= 15 is 0 Å². The van der Waals surface area contributed by atoms with E-state index in [1.807, 2.05) is 10.6 Å². The van der Waals surface area contributed by atoms with E-state index in [-0.39, 0.29) is 17.9 Å². The fourth-order valence-electron chi connectivity index (χ4n) is 2.82. The maximum absolute atomic E-state index is 13.1. The summed E-state index contributed by atoms with van der Waals surface area (Å²) in [6, 6.07) is 10.9. The summed E-state index contributed by atoms with van der Waals surface area (Å²) in [4.78, 5) is 4.31. The lowest BCUT2D eigenvalue weighted by Crippen LogP contribution is -2.40. The van der Waals surface area contributed by atoms with Crippen molar-refractivity contribution in [3.05, 3.63) is 60.7 Å². The smallest absolute Gasteiger partial charge is 0.243 e. The quantitative estimate of drug-likeness (QED) is 0.685. The molecule has 0 saturated heterocycles. The molecule has 8 heteroatoms. The first kappa shape index (κ1) is 18.5. The standard InChI is InChI=1S/C18H19FN3O3S/c1-21(26(24,25)17-6-4-15(19)5-7-17)16(9-12-23)13-22-11-8-14-3-2-10-20-18(14)22/h2-7,10-11,16,23H,9,12-13H2,1H3/t16-/m0/s1. The molecule has 6 nitrogen and oxygen atoms in total.